The molecule has 0 aromatic carbocycles. The van der Waals surface area contributed by atoms with E-state index in [0.29, 0.717) is 12.3 Å². The summed E-state index contributed by atoms with van der Waals surface area (Å²) in [6, 6.07) is 0.228. The minimum absolute atomic E-state index is 0.102. The Morgan fingerprint density at radius 1 is 1.53 bits per heavy atom. The van der Waals surface area contributed by atoms with Gasteiger partial charge in [0, 0.05) is 12.7 Å². The first-order valence-corrected chi connectivity index (χ1v) is 5.35. The Hall–Kier alpha value is -1.69. The molecule has 1 aromatic rings. The van der Waals surface area contributed by atoms with Gasteiger partial charge in [0.15, 0.2) is 0 Å². The summed E-state index contributed by atoms with van der Waals surface area (Å²) < 4.78 is 5.33. The predicted molar refractivity (Wildman–Crippen MR) is 62.4 cm³/mol. The van der Waals surface area contributed by atoms with Crippen LogP contribution in [0.2, 0.25) is 0 Å². The lowest BCUT2D eigenvalue weighted by atomic mass is 10.2. The zero-order valence-corrected chi connectivity index (χ0v) is 10.3. The van der Waals surface area contributed by atoms with Gasteiger partial charge >= 0.3 is 12.0 Å². The van der Waals surface area contributed by atoms with E-state index in [4.69, 9.17) is 9.84 Å². The lowest BCUT2D eigenvalue weighted by molar-refractivity contribution is 0.0695. The second-order valence-electron chi connectivity index (χ2n) is 3.96. The van der Waals surface area contributed by atoms with Crippen LogP contribution >= 0.6 is 0 Å². The van der Waals surface area contributed by atoms with Crippen molar-refractivity contribution >= 4 is 5.97 Å². The Balaban J connectivity index is 2.50. The highest BCUT2D eigenvalue weighted by atomic mass is 16.5. The number of hydrogen-bond acceptors (Lipinski definition) is 5. The van der Waals surface area contributed by atoms with Crippen LogP contribution in [0.25, 0.3) is 0 Å². The van der Waals surface area contributed by atoms with Crippen molar-refractivity contribution in [1.82, 2.24) is 14.9 Å². The molecule has 0 aliphatic carbocycles. The number of carboxylic acid groups (broad SMARTS) is 1. The third kappa shape index (κ3) is 4.36. The van der Waals surface area contributed by atoms with Crippen LogP contribution in [-0.2, 0) is 0 Å². The Morgan fingerprint density at radius 3 is 2.76 bits per heavy atom. The lowest BCUT2D eigenvalue weighted by Gasteiger charge is -2.09. The van der Waals surface area contributed by atoms with Crippen LogP contribution in [-0.4, -0.2) is 53.2 Å². The molecule has 0 amide bonds. The highest BCUT2D eigenvalue weighted by Crippen LogP contribution is 2.08. The van der Waals surface area contributed by atoms with Crippen molar-refractivity contribution in [3.8, 4) is 6.01 Å². The molecule has 17 heavy (non-hydrogen) atoms. The number of nitrogens with zero attached hydrogens (tertiary/aromatic N) is 3. The van der Waals surface area contributed by atoms with Crippen molar-refractivity contribution in [3.63, 3.8) is 0 Å². The van der Waals surface area contributed by atoms with E-state index in [1.54, 1.807) is 6.92 Å². The fraction of sp³-hybridized carbons (Fsp3) is 0.545. The monoisotopic (exact) mass is 239 g/mol. The number of carboxylic acids is 1. The first-order chi connectivity index (χ1) is 8.00. The van der Waals surface area contributed by atoms with Gasteiger partial charge in [-0.1, -0.05) is 0 Å². The Morgan fingerprint density at radius 2 is 2.24 bits per heavy atom. The standard InChI is InChI=1S/C11H17N3O3/c1-8-9(10(15)16)7-12-11(13-8)17-6-4-5-14(2)3/h7H,4-6H2,1-3H3,(H,15,16). The first kappa shape index (κ1) is 13.4. The van der Waals surface area contributed by atoms with Crippen molar-refractivity contribution in [1.29, 1.82) is 0 Å². The summed E-state index contributed by atoms with van der Waals surface area (Å²) in [6.07, 6.45) is 2.14. The van der Waals surface area contributed by atoms with Crippen LogP contribution < -0.4 is 4.74 Å². The van der Waals surface area contributed by atoms with E-state index in [2.05, 4.69) is 14.9 Å². The van der Waals surface area contributed by atoms with Gasteiger partial charge in [-0.05, 0) is 27.4 Å². The molecule has 1 heterocycles. The van der Waals surface area contributed by atoms with Crippen molar-refractivity contribution in [2.45, 2.75) is 13.3 Å². The van der Waals surface area contributed by atoms with Crippen LogP contribution in [0, 0.1) is 6.92 Å². The first-order valence-electron chi connectivity index (χ1n) is 5.35. The van der Waals surface area contributed by atoms with E-state index >= 15 is 0 Å². The molecule has 0 aliphatic heterocycles. The Labute approximate surface area is 100 Å². The van der Waals surface area contributed by atoms with Gasteiger partial charge in [-0.15, -0.1) is 0 Å². The maximum atomic E-state index is 10.7. The third-order valence-corrected chi connectivity index (χ3v) is 2.17. The van der Waals surface area contributed by atoms with Crippen molar-refractivity contribution < 1.29 is 14.6 Å². The van der Waals surface area contributed by atoms with E-state index < -0.39 is 5.97 Å². The molecule has 1 N–H and O–H groups in total. The SMILES string of the molecule is Cc1nc(OCCCN(C)C)ncc1C(=O)O. The molecule has 0 unspecified atom stereocenters. The van der Waals surface area contributed by atoms with Gasteiger partial charge in [0.1, 0.15) is 0 Å². The molecule has 0 spiro atoms. The van der Waals surface area contributed by atoms with Crippen LogP contribution in [0.5, 0.6) is 6.01 Å². The van der Waals surface area contributed by atoms with Crippen LogP contribution in [0.3, 0.4) is 0 Å². The van der Waals surface area contributed by atoms with Gasteiger partial charge < -0.3 is 14.7 Å². The maximum Gasteiger partial charge on any atom is 0.339 e. The zero-order valence-electron chi connectivity index (χ0n) is 10.3. The summed E-state index contributed by atoms with van der Waals surface area (Å²) in [7, 11) is 3.98. The maximum absolute atomic E-state index is 10.7. The van der Waals surface area contributed by atoms with Gasteiger partial charge in [-0.25, -0.2) is 9.78 Å². The van der Waals surface area contributed by atoms with Crippen LogP contribution in [0.4, 0.5) is 0 Å². The average Bonchev–Trinajstić information content (AvgIpc) is 2.23. The number of aromatic nitrogens is 2. The molecule has 1 aromatic heterocycles. The predicted octanol–water partition coefficient (Wildman–Crippen LogP) is 0.814. The molecule has 0 aliphatic rings. The number of ether oxygens (including phenoxy) is 1. The smallest absolute Gasteiger partial charge is 0.339 e. The minimum Gasteiger partial charge on any atom is -0.478 e. The summed E-state index contributed by atoms with van der Waals surface area (Å²) in [5, 5.41) is 8.81. The van der Waals surface area contributed by atoms with Crippen molar-refractivity contribution in [2.75, 3.05) is 27.2 Å². The zero-order chi connectivity index (χ0) is 12.8. The largest absolute Gasteiger partial charge is 0.478 e. The molecule has 0 fully saturated rings. The van der Waals surface area contributed by atoms with Crippen LogP contribution in [0.15, 0.2) is 6.20 Å². The summed E-state index contributed by atoms with van der Waals surface area (Å²) in [5.41, 5.74) is 0.515. The second kappa shape index (κ2) is 6.15. The minimum atomic E-state index is -1.03. The van der Waals surface area contributed by atoms with Gasteiger partial charge in [0.25, 0.3) is 0 Å². The number of aryl methyl sites for hydroxylation is 1. The highest BCUT2D eigenvalue weighted by molar-refractivity contribution is 5.88. The fourth-order valence-electron chi connectivity index (χ4n) is 1.27. The molecule has 6 heteroatoms. The number of carbonyl (C=O) groups is 1. The highest BCUT2D eigenvalue weighted by Gasteiger charge is 2.10. The molecule has 1 rings (SSSR count). The van der Waals surface area contributed by atoms with E-state index in [1.807, 2.05) is 14.1 Å². The summed E-state index contributed by atoms with van der Waals surface area (Å²) in [4.78, 5) is 20.6. The Kier molecular flexibility index (Phi) is 4.84. The lowest BCUT2D eigenvalue weighted by Crippen LogP contribution is -2.16. The van der Waals surface area contributed by atoms with E-state index in [1.165, 1.54) is 6.20 Å². The molecule has 0 radical (unpaired) electrons. The normalized spacial score (nSPS) is 10.6. The number of hydrogen-bond donors (Lipinski definition) is 1. The number of rotatable bonds is 6. The molecule has 6 nitrogen and oxygen atoms in total. The molecular weight excluding hydrogens is 222 g/mol. The summed E-state index contributed by atoms with van der Waals surface area (Å²) in [6.45, 7) is 3.06. The molecule has 0 saturated heterocycles. The summed E-state index contributed by atoms with van der Waals surface area (Å²) in [5.74, 6) is -1.03. The summed E-state index contributed by atoms with van der Waals surface area (Å²) >= 11 is 0. The second-order valence-corrected chi connectivity index (χ2v) is 3.96. The van der Waals surface area contributed by atoms with E-state index in [9.17, 15) is 4.79 Å². The molecule has 94 valence electrons. The third-order valence-electron chi connectivity index (χ3n) is 2.17. The molecule has 0 saturated carbocycles. The molecule has 0 bridgehead atoms. The van der Waals surface area contributed by atoms with Gasteiger partial charge in [-0.3, -0.25) is 0 Å². The van der Waals surface area contributed by atoms with Crippen molar-refractivity contribution in [3.05, 3.63) is 17.5 Å². The quantitative estimate of drug-likeness (QED) is 0.740. The molecule has 0 atom stereocenters. The van der Waals surface area contributed by atoms with Gasteiger partial charge in [0.2, 0.25) is 0 Å². The Bertz CT molecular complexity index is 394. The van der Waals surface area contributed by atoms with Gasteiger partial charge in [-0.2, -0.15) is 4.98 Å². The van der Waals surface area contributed by atoms with Crippen LogP contribution in [0.1, 0.15) is 22.5 Å². The average molecular weight is 239 g/mol. The van der Waals surface area contributed by atoms with Crippen molar-refractivity contribution in [2.24, 2.45) is 0 Å². The topological polar surface area (TPSA) is 75.5 Å². The number of aromatic carboxylic acids is 1. The fourth-order valence-corrected chi connectivity index (χ4v) is 1.27. The van der Waals surface area contributed by atoms with E-state index in [0.717, 1.165) is 13.0 Å². The molecular formula is C11H17N3O3. The van der Waals surface area contributed by atoms with Gasteiger partial charge in [0.05, 0.1) is 17.9 Å². The van der Waals surface area contributed by atoms with E-state index in [-0.39, 0.29) is 11.6 Å².